The molecule has 0 aliphatic carbocycles. The minimum atomic E-state index is -5.81. The molecule has 30 heavy (non-hydrogen) atoms. The first kappa shape index (κ1) is 25.1. The first-order valence-corrected chi connectivity index (χ1v) is 13.3. The smallest absolute Gasteiger partial charge is 0.400 e. The normalized spacial score (nSPS) is 12.9. The van der Waals surface area contributed by atoms with Crippen molar-refractivity contribution >= 4 is 60.9 Å². The molecule has 2 aromatic rings. The van der Waals surface area contributed by atoms with Gasteiger partial charge >= 0.3 is 13.3 Å². The molecule has 0 spiro atoms. The van der Waals surface area contributed by atoms with Gasteiger partial charge in [-0.1, -0.05) is 0 Å². The van der Waals surface area contributed by atoms with Crippen LogP contribution in [0.4, 0.5) is 8.78 Å². The molecule has 4 N–H and O–H groups in total. The number of rotatable bonds is 9. The molecule has 0 fully saturated rings. The Morgan fingerprint density at radius 1 is 1.37 bits per heavy atom. The van der Waals surface area contributed by atoms with Gasteiger partial charge in [-0.25, -0.2) is 13.1 Å². The number of sulfonamides is 1. The molecule has 1 aromatic carbocycles. The fraction of sp³-hybridized carbons (Fsp3) is 0.400. The Bertz CT molecular complexity index is 1120. The summed E-state index contributed by atoms with van der Waals surface area (Å²) in [7, 11) is -7.81. The average Bonchev–Trinajstić information content (AvgIpc) is 2.96. The molecule has 1 amide bonds. The van der Waals surface area contributed by atoms with Crippen LogP contribution in [-0.4, -0.2) is 50.6 Å². The monoisotopic (exact) mass is 550 g/mol. The zero-order valence-electron chi connectivity index (χ0n) is 15.6. The summed E-state index contributed by atoms with van der Waals surface area (Å²) in [5.41, 5.74) is -4.36. The average molecular weight is 551 g/mol. The third-order valence-electron chi connectivity index (χ3n) is 3.77. The second kappa shape index (κ2) is 9.15. The fourth-order valence-electron chi connectivity index (χ4n) is 2.36. The zero-order chi connectivity index (χ0) is 22.9. The number of amides is 1. The van der Waals surface area contributed by atoms with Gasteiger partial charge < -0.3 is 19.8 Å². The first-order chi connectivity index (χ1) is 13.7. The number of hydrogen-bond acceptors (Lipinski definition) is 6. The number of carbonyl (C=O) groups excluding carboxylic acids is 1. The molecule has 168 valence electrons. The van der Waals surface area contributed by atoms with E-state index in [2.05, 4.69) is 26.0 Å². The van der Waals surface area contributed by atoms with Crippen LogP contribution in [0.15, 0.2) is 16.6 Å². The highest BCUT2D eigenvalue weighted by molar-refractivity contribution is 9.10. The van der Waals surface area contributed by atoms with Crippen molar-refractivity contribution in [1.82, 2.24) is 10.0 Å². The van der Waals surface area contributed by atoms with Gasteiger partial charge in [0.15, 0.2) is 0 Å². The van der Waals surface area contributed by atoms with Crippen LogP contribution in [0, 0.1) is 0 Å². The van der Waals surface area contributed by atoms with Gasteiger partial charge in [-0.2, -0.15) is 8.78 Å². The highest BCUT2D eigenvalue weighted by atomic mass is 79.9. The second-order valence-corrected chi connectivity index (χ2v) is 11.4. The van der Waals surface area contributed by atoms with Crippen LogP contribution in [0.5, 0.6) is 5.75 Å². The third-order valence-corrected chi connectivity index (χ3v) is 7.98. The molecule has 0 radical (unpaired) electrons. The van der Waals surface area contributed by atoms with E-state index in [0.717, 1.165) is 6.26 Å². The number of alkyl halides is 2. The van der Waals surface area contributed by atoms with Gasteiger partial charge in [0.05, 0.1) is 17.6 Å². The van der Waals surface area contributed by atoms with Crippen LogP contribution in [0.25, 0.3) is 10.1 Å². The maximum Gasteiger partial charge on any atom is 0.400 e. The van der Waals surface area contributed by atoms with Gasteiger partial charge in [0.1, 0.15) is 10.6 Å². The summed E-state index contributed by atoms with van der Waals surface area (Å²) >= 11 is 3.38. The zero-order valence-corrected chi connectivity index (χ0v) is 19.7. The van der Waals surface area contributed by atoms with Crippen molar-refractivity contribution in [2.75, 3.05) is 26.5 Å². The van der Waals surface area contributed by atoms with Crippen molar-refractivity contribution in [1.29, 1.82) is 0 Å². The Hall–Kier alpha value is -1.15. The maximum atomic E-state index is 14.3. The molecule has 15 heteroatoms. The van der Waals surface area contributed by atoms with E-state index in [1.54, 1.807) is 0 Å². The van der Waals surface area contributed by atoms with Crippen molar-refractivity contribution < 1.29 is 41.1 Å². The molecular weight excluding hydrogens is 533 g/mol. The van der Waals surface area contributed by atoms with Gasteiger partial charge in [0.25, 0.3) is 5.91 Å². The fourth-order valence-corrected chi connectivity index (χ4v) is 5.85. The summed E-state index contributed by atoms with van der Waals surface area (Å²) in [6.45, 7) is 0.0708. The number of fused-ring (bicyclic) bond motifs is 1. The number of thiophene rings is 1. The van der Waals surface area contributed by atoms with E-state index in [1.165, 1.54) is 19.2 Å². The molecule has 0 aliphatic rings. The Morgan fingerprint density at radius 2 is 2.00 bits per heavy atom. The van der Waals surface area contributed by atoms with Crippen LogP contribution in [0.2, 0.25) is 0 Å². The van der Waals surface area contributed by atoms with E-state index in [0.29, 0.717) is 11.3 Å². The molecule has 1 aromatic heterocycles. The van der Waals surface area contributed by atoms with E-state index >= 15 is 0 Å². The Kier molecular flexibility index (Phi) is 7.66. The number of nitrogens with one attached hydrogen (secondary N) is 2. The topological polar surface area (TPSA) is 142 Å². The quantitative estimate of drug-likeness (QED) is 0.277. The lowest BCUT2D eigenvalue weighted by atomic mass is 10.1. The minimum Gasteiger partial charge on any atom is -0.492 e. The summed E-state index contributed by atoms with van der Waals surface area (Å²) in [5, 5.41) is 2.51. The minimum absolute atomic E-state index is 0.00540. The Labute approximate surface area is 183 Å². The van der Waals surface area contributed by atoms with E-state index < -0.39 is 34.1 Å². The highest BCUT2D eigenvalue weighted by Crippen LogP contribution is 2.63. The Morgan fingerprint density at radius 3 is 2.53 bits per heavy atom. The molecule has 9 nitrogen and oxygen atoms in total. The van der Waals surface area contributed by atoms with Gasteiger partial charge in [0.2, 0.25) is 10.0 Å². The number of benzene rings is 1. The molecule has 0 bridgehead atoms. The number of carbonyl (C=O) groups is 1. The van der Waals surface area contributed by atoms with Crippen molar-refractivity contribution in [2.45, 2.75) is 12.1 Å². The van der Waals surface area contributed by atoms with Crippen molar-refractivity contribution in [3.05, 3.63) is 27.0 Å². The second-order valence-electron chi connectivity index (χ2n) is 6.13. The van der Waals surface area contributed by atoms with Crippen LogP contribution < -0.4 is 14.8 Å². The largest absolute Gasteiger partial charge is 0.492 e. The molecular formula is C15H18BrF2N2O7PS2. The Balaban J connectivity index is 2.48. The van der Waals surface area contributed by atoms with Crippen molar-refractivity contribution in [2.24, 2.45) is 0 Å². The lowest BCUT2D eigenvalue weighted by molar-refractivity contribution is 0.0595. The van der Waals surface area contributed by atoms with E-state index in [-0.39, 0.29) is 45.4 Å². The third kappa shape index (κ3) is 5.55. The molecule has 2 rings (SSSR count). The number of hydrogen-bond donors (Lipinski definition) is 4. The van der Waals surface area contributed by atoms with Crippen LogP contribution in [0.3, 0.4) is 0 Å². The summed E-state index contributed by atoms with van der Waals surface area (Å²) < 4.78 is 69.8. The van der Waals surface area contributed by atoms with Crippen LogP contribution in [0.1, 0.15) is 21.7 Å². The SMILES string of the molecule is CNC(=O)c1cc(OCCCNS(C)(=O)=O)c2sc(C(F)(F)P(=O)(O)O)c(Br)c2c1. The summed E-state index contributed by atoms with van der Waals surface area (Å²) in [6.07, 6.45) is 1.24. The molecule has 0 atom stereocenters. The summed E-state index contributed by atoms with van der Waals surface area (Å²) in [5.74, 6) is -0.481. The predicted molar refractivity (Wildman–Crippen MR) is 112 cm³/mol. The van der Waals surface area contributed by atoms with Gasteiger partial charge in [-0.15, -0.1) is 11.3 Å². The van der Waals surface area contributed by atoms with E-state index in [9.17, 15) is 26.6 Å². The van der Waals surface area contributed by atoms with E-state index in [1.807, 2.05) is 0 Å². The highest BCUT2D eigenvalue weighted by Gasteiger charge is 2.53. The van der Waals surface area contributed by atoms with Gasteiger partial charge in [0, 0.05) is 29.0 Å². The lowest BCUT2D eigenvalue weighted by Gasteiger charge is -2.16. The van der Waals surface area contributed by atoms with Crippen molar-refractivity contribution in [3.63, 3.8) is 0 Å². The number of ether oxygens (including phenoxy) is 1. The predicted octanol–water partition coefficient (Wildman–Crippen LogP) is 2.57. The molecule has 0 unspecified atom stereocenters. The van der Waals surface area contributed by atoms with Crippen LogP contribution in [-0.2, 0) is 20.3 Å². The maximum absolute atomic E-state index is 14.3. The van der Waals surface area contributed by atoms with Crippen molar-refractivity contribution in [3.8, 4) is 5.75 Å². The van der Waals surface area contributed by atoms with Gasteiger partial charge in [-0.3, -0.25) is 9.36 Å². The first-order valence-electron chi connectivity index (χ1n) is 8.18. The van der Waals surface area contributed by atoms with Gasteiger partial charge in [-0.05, 0) is 34.5 Å². The standard InChI is InChI=1S/C15H18BrF2N2O7PS2/c1-19-14(21)8-6-9-11(16)13(15(17,18)28(22,23)24)29-12(9)10(7-8)27-5-3-4-20-30(2,25)26/h6-7,20H,3-5H2,1-2H3,(H,19,21)(H2,22,23,24). The molecule has 0 saturated carbocycles. The molecule has 1 heterocycles. The lowest BCUT2D eigenvalue weighted by Crippen LogP contribution is -2.24. The molecule has 0 saturated heterocycles. The summed E-state index contributed by atoms with van der Waals surface area (Å²) in [4.78, 5) is 29.3. The molecule has 0 aliphatic heterocycles. The summed E-state index contributed by atoms with van der Waals surface area (Å²) in [6, 6.07) is 2.61. The number of halogens is 3. The van der Waals surface area contributed by atoms with Crippen LogP contribution >= 0.6 is 34.9 Å². The van der Waals surface area contributed by atoms with E-state index in [4.69, 9.17) is 14.5 Å².